The molecule has 13 N–H and O–H groups in total. The Hall–Kier alpha value is -9.96. The maximum absolute atomic E-state index is 14.4. The number of hydrogen-bond acceptors (Lipinski definition) is 19. The molecule has 3 aromatic rings. The van der Waals surface area contributed by atoms with Crippen molar-refractivity contribution in [2.75, 3.05) is 65.6 Å². The maximum atomic E-state index is 14.4. The van der Waals surface area contributed by atoms with E-state index in [0.29, 0.717) is 25.7 Å². The number of hydrogen-bond donors (Lipinski definition) is 12. The van der Waals surface area contributed by atoms with Crippen LogP contribution in [0, 0.1) is 0 Å². The molecule has 13 amide bonds. The summed E-state index contributed by atoms with van der Waals surface area (Å²) in [6, 6.07) is 15.2. The average molecular weight is 1540 g/mol. The van der Waals surface area contributed by atoms with Crippen LogP contribution in [0.1, 0.15) is 151 Å². The van der Waals surface area contributed by atoms with E-state index in [1.807, 2.05) is 91.0 Å². The number of rotatable bonds is 34. The molecular weight excluding hydrogens is 1420 g/mol. The third-order valence-corrected chi connectivity index (χ3v) is 19.1. The Balaban J connectivity index is 0.920. The molecular formula is C77H110N14O19. The van der Waals surface area contributed by atoms with Crippen molar-refractivity contribution in [1.29, 1.82) is 0 Å². The van der Waals surface area contributed by atoms with E-state index < -0.39 is 218 Å². The van der Waals surface area contributed by atoms with Gasteiger partial charge in [0.05, 0.1) is 74.8 Å². The molecule has 110 heavy (non-hydrogen) atoms. The van der Waals surface area contributed by atoms with E-state index in [9.17, 15) is 77.3 Å². The van der Waals surface area contributed by atoms with Gasteiger partial charge in [-0.1, -0.05) is 91.0 Å². The molecule has 4 fully saturated rings. The quantitative estimate of drug-likeness (QED) is 0.0335. The van der Waals surface area contributed by atoms with Crippen molar-refractivity contribution >= 4 is 82.8 Å². The Morgan fingerprint density at radius 2 is 0.900 bits per heavy atom. The molecule has 33 nitrogen and oxygen atoms in total. The standard InChI is InChI=1S/C77H110N14O19/c1-46(70(103)90-37-23-33-57(90)72(105)91-38-24-34-58(91)71(104)89-36-22-32-56(89)68(101)83-52(43-92)73(106)107)82-61(95)41-80-65(98)53(44-108-74(3,4)5)84-66(99)54(45-109-75(6,7)8)85-67(100)55-31-21-35-88(55)62(96)42-79-60(94)40-81-69(102)63(47(2)110-76(9,10)11)86-64(97)51(78)39-59(93)87-77(48-25-15-12-16-26-48,49-27-17-13-18-28-49)50-29-19-14-20-30-50/h12-20,25-30,46-47,51-58,63,92H,21-24,31-45,78H2,1-11H3,(H,79,94)(H,80,98)(H,81,102)(H,82,95)(H,83,101)(H,84,99)(H,85,100)(H,86,97)(H,87,93)(H,106,107)/t46-,47+,51-,52-,53-,54-,55-,56-,57-,58-,63-/m0/s1. The van der Waals surface area contributed by atoms with E-state index in [-0.39, 0.29) is 51.9 Å². The zero-order valence-electron chi connectivity index (χ0n) is 64.6. The van der Waals surface area contributed by atoms with Gasteiger partial charge in [0.25, 0.3) is 0 Å². The summed E-state index contributed by atoms with van der Waals surface area (Å²) in [5, 5.41) is 42.1. The Bertz CT molecular complexity index is 3660. The van der Waals surface area contributed by atoms with Gasteiger partial charge in [0, 0.05) is 26.2 Å². The molecule has 602 valence electrons. The van der Waals surface area contributed by atoms with Gasteiger partial charge in [-0.3, -0.25) is 62.3 Å². The van der Waals surface area contributed by atoms with Crippen molar-refractivity contribution < 1.29 is 91.5 Å². The fourth-order valence-electron chi connectivity index (χ4n) is 13.7. The molecule has 0 aromatic heterocycles. The minimum atomic E-state index is -1.57. The van der Waals surface area contributed by atoms with Crippen LogP contribution in [0.2, 0.25) is 0 Å². The molecule has 11 atom stereocenters. The number of carboxylic acid groups (broad SMARTS) is 1. The number of ether oxygens (including phenoxy) is 3. The van der Waals surface area contributed by atoms with Crippen LogP contribution in [-0.2, 0) is 86.9 Å². The topological polar surface area (TPSA) is 454 Å². The second-order valence-corrected chi connectivity index (χ2v) is 31.0. The summed E-state index contributed by atoms with van der Waals surface area (Å²) in [7, 11) is 0. The molecule has 4 heterocycles. The van der Waals surface area contributed by atoms with E-state index in [0.717, 1.165) is 16.7 Å². The van der Waals surface area contributed by atoms with Crippen LogP contribution < -0.4 is 53.6 Å². The van der Waals surface area contributed by atoms with Crippen molar-refractivity contribution in [3.05, 3.63) is 108 Å². The number of carbonyl (C=O) groups excluding carboxylic acids is 13. The highest BCUT2D eigenvalue weighted by Crippen LogP contribution is 2.37. The summed E-state index contributed by atoms with van der Waals surface area (Å²) in [5.41, 5.74) is 4.91. The molecule has 0 spiro atoms. The van der Waals surface area contributed by atoms with E-state index in [2.05, 4.69) is 47.9 Å². The summed E-state index contributed by atoms with van der Waals surface area (Å²) in [6.45, 7) is 15.3. The van der Waals surface area contributed by atoms with Crippen molar-refractivity contribution in [3.8, 4) is 0 Å². The minimum Gasteiger partial charge on any atom is -0.480 e. The van der Waals surface area contributed by atoms with Crippen LogP contribution in [0.15, 0.2) is 91.0 Å². The van der Waals surface area contributed by atoms with Crippen molar-refractivity contribution in [1.82, 2.24) is 67.5 Å². The number of nitrogens with one attached hydrogen (secondary N) is 9. The number of amides is 13. The van der Waals surface area contributed by atoms with Crippen LogP contribution in [0.3, 0.4) is 0 Å². The first kappa shape index (κ1) is 87.3. The van der Waals surface area contributed by atoms with Crippen molar-refractivity contribution in [2.24, 2.45) is 5.73 Å². The van der Waals surface area contributed by atoms with Gasteiger partial charge in [0.15, 0.2) is 0 Å². The maximum Gasteiger partial charge on any atom is 0.328 e. The third kappa shape index (κ3) is 24.3. The van der Waals surface area contributed by atoms with E-state index in [1.54, 1.807) is 69.2 Å². The highest BCUT2D eigenvalue weighted by Gasteiger charge is 2.48. The molecule has 3 aromatic carbocycles. The van der Waals surface area contributed by atoms with E-state index in [1.165, 1.54) is 26.5 Å². The van der Waals surface area contributed by atoms with Gasteiger partial charge in [-0.25, -0.2) is 4.79 Å². The number of aliphatic hydroxyl groups excluding tert-OH is 1. The number of aliphatic hydroxyl groups is 1. The smallest absolute Gasteiger partial charge is 0.328 e. The van der Waals surface area contributed by atoms with E-state index in [4.69, 9.17) is 19.9 Å². The number of aliphatic carboxylic acids is 1. The number of carboxylic acids is 1. The van der Waals surface area contributed by atoms with Gasteiger partial charge in [-0.15, -0.1) is 0 Å². The Kier molecular flexibility index (Phi) is 31.0. The first-order chi connectivity index (χ1) is 51.8. The highest BCUT2D eigenvalue weighted by molar-refractivity contribution is 5.99. The lowest BCUT2D eigenvalue weighted by Gasteiger charge is -2.37. The second-order valence-electron chi connectivity index (χ2n) is 31.0. The number of nitrogens with zero attached hydrogens (tertiary/aromatic N) is 4. The molecule has 0 bridgehead atoms. The first-order valence-electron chi connectivity index (χ1n) is 37.4. The van der Waals surface area contributed by atoms with E-state index >= 15 is 0 Å². The summed E-state index contributed by atoms with van der Waals surface area (Å²) in [4.78, 5) is 198. The molecule has 4 saturated heterocycles. The van der Waals surface area contributed by atoms with Gasteiger partial charge < -0.3 is 97.6 Å². The summed E-state index contributed by atoms with van der Waals surface area (Å²) in [5.74, 6) is -11.0. The normalized spacial score (nSPS) is 19.3. The van der Waals surface area contributed by atoms with Gasteiger partial charge in [-0.05, 0) is 144 Å². The van der Waals surface area contributed by atoms with Crippen LogP contribution in [-0.4, -0.2) is 262 Å². The lowest BCUT2D eigenvalue weighted by atomic mass is 9.77. The molecule has 0 aliphatic carbocycles. The van der Waals surface area contributed by atoms with Gasteiger partial charge in [-0.2, -0.15) is 0 Å². The van der Waals surface area contributed by atoms with Crippen molar-refractivity contribution in [2.45, 2.75) is 223 Å². The molecule has 4 aliphatic rings. The summed E-state index contributed by atoms with van der Waals surface area (Å²) >= 11 is 0. The van der Waals surface area contributed by atoms with Crippen LogP contribution >= 0.6 is 0 Å². The van der Waals surface area contributed by atoms with Crippen LogP contribution in [0.25, 0.3) is 0 Å². The fourth-order valence-corrected chi connectivity index (χ4v) is 13.7. The SMILES string of the molecule is C[C@H](NC(=O)CNC(=O)[C@H](COC(C)(C)C)NC(=O)[C@H](COC(C)(C)C)NC(=O)[C@@H]1CCCN1C(=O)CNC(=O)CNC(=O)[C@@H](NC(=O)[C@@H](N)CC(=O)NC(c1ccccc1)(c1ccccc1)c1ccccc1)[C@@H](C)OC(C)(C)C)C(=O)N1CCC[C@H]1C(=O)N1CCC[C@H]1C(=O)N1CCC[C@H]1C(=O)N[C@@H](CO)C(=O)O. The molecule has 0 saturated carbocycles. The zero-order chi connectivity index (χ0) is 81.0. The molecule has 0 radical (unpaired) electrons. The first-order valence-corrected chi connectivity index (χ1v) is 37.4. The lowest BCUT2D eigenvalue weighted by Crippen LogP contribution is -2.60. The Labute approximate surface area is 641 Å². The predicted molar refractivity (Wildman–Crippen MR) is 400 cm³/mol. The predicted octanol–water partition coefficient (Wildman–Crippen LogP) is -0.521. The minimum absolute atomic E-state index is 0.0807. The molecule has 33 heteroatoms. The number of carbonyl (C=O) groups is 14. The highest BCUT2D eigenvalue weighted by atomic mass is 16.5. The Morgan fingerprint density at radius 3 is 1.38 bits per heavy atom. The number of likely N-dealkylation sites (tertiary alicyclic amines) is 4. The molecule has 7 rings (SSSR count). The third-order valence-electron chi connectivity index (χ3n) is 19.1. The molecule has 4 aliphatic heterocycles. The lowest BCUT2D eigenvalue weighted by molar-refractivity contribution is -0.151. The largest absolute Gasteiger partial charge is 0.480 e. The summed E-state index contributed by atoms with van der Waals surface area (Å²) in [6.07, 6.45) is 1.07. The summed E-state index contributed by atoms with van der Waals surface area (Å²) < 4.78 is 18.0. The second kappa shape index (κ2) is 39.1. The van der Waals surface area contributed by atoms with Gasteiger partial charge >= 0.3 is 5.97 Å². The Morgan fingerprint density at radius 1 is 0.473 bits per heavy atom. The van der Waals surface area contributed by atoms with Crippen LogP contribution in [0.5, 0.6) is 0 Å². The zero-order valence-corrected chi connectivity index (χ0v) is 64.6. The number of benzene rings is 3. The fraction of sp³-hybridized carbons (Fsp3) is 0.584. The van der Waals surface area contributed by atoms with Gasteiger partial charge in [0.2, 0.25) is 76.8 Å². The average Bonchev–Trinajstić information content (AvgIpc) is 1.04. The van der Waals surface area contributed by atoms with Crippen molar-refractivity contribution in [3.63, 3.8) is 0 Å². The van der Waals surface area contributed by atoms with Crippen LogP contribution in [0.4, 0.5) is 0 Å². The molecule has 0 unspecified atom stereocenters. The number of nitrogens with two attached hydrogens (primary N) is 1. The van der Waals surface area contributed by atoms with Gasteiger partial charge in [0.1, 0.15) is 59.9 Å². The monoisotopic (exact) mass is 1530 g/mol.